The van der Waals surface area contributed by atoms with Gasteiger partial charge in [-0.2, -0.15) is 0 Å². The predicted molar refractivity (Wildman–Crippen MR) is 127 cm³/mol. The first-order valence-electron chi connectivity index (χ1n) is 11.6. The summed E-state index contributed by atoms with van der Waals surface area (Å²) in [6.45, 7) is 4.74. The summed E-state index contributed by atoms with van der Waals surface area (Å²) >= 11 is 0. The molecule has 2 aromatic rings. The quantitative estimate of drug-likeness (QED) is 0.362. The molecule has 0 fully saturated rings. The maximum atomic E-state index is 8.63. The zero-order chi connectivity index (χ0) is 21.2. The fourth-order valence-corrected chi connectivity index (χ4v) is 3.61. The van der Waals surface area contributed by atoms with Crippen molar-refractivity contribution in [2.75, 3.05) is 20.6 Å². The molecule has 30 heavy (non-hydrogen) atoms. The van der Waals surface area contributed by atoms with E-state index in [1.54, 1.807) is 24.3 Å². The van der Waals surface area contributed by atoms with Crippen molar-refractivity contribution in [3.63, 3.8) is 0 Å². The van der Waals surface area contributed by atoms with E-state index in [1.165, 1.54) is 76.3 Å². The predicted octanol–water partition coefficient (Wildman–Crippen LogP) is 4.58. The molecule has 2 rings (SSSR count). The van der Waals surface area contributed by atoms with Crippen LogP contribution in [0.1, 0.15) is 76.7 Å². The maximum absolute atomic E-state index is 8.63. The molecule has 2 aromatic carbocycles. The van der Waals surface area contributed by atoms with Gasteiger partial charge in [0.05, 0.1) is 20.6 Å². The van der Waals surface area contributed by atoms with E-state index in [0.29, 0.717) is 5.75 Å². The molecule has 0 radical (unpaired) electrons. The third kappa shape index (κ3) is 16.3. The number of nitrogens with zero attached hydrogens (tertiary/aromatic N) is 1. The minimum absolute atomic E-state index is 0. The molecule has 3 heteroatoms. The lowest BCUT2D eigenvalue weighted by Gasteiger charge is -2.30. The smallest absolute Gasteiger partial charge is 0.115 e. The second-order valence-corrected chi connectivity index (χ2v) is 8.82. The molecule has 1 N–H and O–H groups in total. The van der Waals surface area contributed by atoms with E-state index < -0.39 is 0 Å². The zero-order valence-electron chi connectivity index (χ0n) is 19.5. The first kappa shape index (κ1) is 28.5. The van der Waals surface area contributed by atoms with Gasteiger partial charge in [0.2, 0.25) is 0 Å². The number of halogens is 1. The van der Waals surface area contributed by atoms with Gasteiger partial charge < -0.3 is 22.0 Å². The van der Waals surface area contributed by atoms with Gasteiger partial charge >= 0.3 is 0 Å². The molecule has 0 aliphatic heterocycles. The van der Waals surface area contributed by atoms with Crippen molar-refractivity contribution >= 4 is 0 Å². The fourth-order valence-electron chi connectivity index (χ4n) is 3.61. The molecule has 0 unspecified atom stereocenters. The summed E-state index contributed by atoms with van der Waals surface area (Å²) in [5, 5.41) is 8.63. The van der Waals surface area contributed by atoms with Gasteiger partial charge in [-0.3, -0.25) is 0 Å². The lowest BCUT2D eigenvalue weighted by molar-refractivity contribution is -0.903. The van der Waals surface area contributed by atoms with Crippen LogP contribution >= 0.6 is 0 Å². The average molecular weight is 434 g/mol. The minimum Gasteiger partial charge on any atom is -1.00 e. The van der Waals surface area contributed by atoms with Gasteiger partial charge in [0.25, 0.3) is 0 Å². The summed E-state index contributed by atoms with van der Waals surface area (Å²) in [6, 6.07) is 19.6. The van der Waals surface area contributed by atoms with Crippen molar-refractivity contribution in [3.05, 3.63) is 66.2 Å². The van der Waals surface area contributed by atoms with Crippen LogP contribution in [-0.2, 0) is 6.54 Å². The molecule has 170 valence electrons. The first-order chi connectivity index (χ1) is 14.0. The van der Waals surface area contributed by atoms with Crippen molar-refractivity contribution in [1.29, 1.82) is 0 Å². The van der Waals surface area contributed by atoms with Crippen LogP contribution in [0.4, 0.5) is 0 Å². The van der Waals surface area contributed by atoms with Gasteiger partial charge in [0, 0.05) is 5.56 Å². The van der Waals surface area contributed by atoms with Gasteiger partial charge in [-0.1, -0.05) is 107 Å². The number of rotatable bonds is 13. The normalized spacial score (nSPS) is 10.6. The molecule has 0 aliphatic rings. The summed E-state index contributed by atoms with van der Waals surface area (Å²) in [5.74, 6) is 0.322. The Balaban J connectivity index is 0.000000886. The standard InChI is InChI=1S/C21H38N.C6H6O.ClH/c1-4-5-6-7-8-9-10-11-12-16-19-22(2,3)20-21-17-14-13-15-18-21;7-6-4-2-1-3-5-6;/h13-15,17-18H,4-12,16,19-20H2,1-3H3;1-5,7H;1H/q+1;;/p-1. The van der Waals surface area contributed by atoms with E-state index in [9.17, 15) is 0 Å². The maximum Gasteiger partial charge on any atom is 0.115 e. The number of phenolic OH excluding ortho intramolecular Hbond substituents is 1. The van der Waals surface area contributed by atoms with Crippen LogP contribution in [0.5, 0.6) is 5.75 Å². The summed E-state index contributed by atoms with van der Waals surface area (Å²) in [5.41, 5.74) is 1.46. The van der Waals surface area contributed by atoms with Gasteiger partial charge in [0.15, 0.2) is 0 Å². The number of hydrogen-bond donors (Lipinski definition) is 1. The van der Waals surface area contributed by atoms with Crippen molar-refractivity contribution in [3.8, 4) is 5.75 Å². The van der Waals surface area contributed by atoms with Crippen LogP contribution in [0.2, 0.25) is 0 Å². The van der Waals surface area contributed by atoms with Crippen molar-refractivity contribution in [1.82, 2.24) is 0 Å². The Kier molecular flexibility index (Phi) is 17.4. The molecule has 0 aromatic heterocycles. The Bertz CT molecular complexity index is 601. The van der Waals surface area contributed by atoms with Crippen LogP contribution in [0.25, 0.3) is 0 Å². The number of quaternary nitrogens is 1. The van der Waals surface area contributed by atoms with Crippen molar-refractivity contribution < 1.29 is 22.0 Å². The van der Waals surface area contributed by atoms with Crippen LogP contribution in [-0.4, -0.2) is 30.2 Å². The third-order valence-electron chi connectivity index (χ3n) is 5.33. The molecule has 0 amide bonds. The molecular formula is C27H44ClNO. The van der Waals surface area contributed by atoms with E-state index in [1.807, 2.05) is 6.07 Å². The van der Waals surface area contributed by atoms with Crippen LogP contribution < -0.4 is 12.4 Å². The first-order valence-corrected chi connectivity index (χ1v) is 11.6. The number of unbranched alkanes of at least 4 members (excludes halogenated alkanes) is 9. The highest BCUT2D eigenvalue weighted by Gasteiger charge is 2.14. The third-order valence-corrected chi connectivity index (χ3v) is 5.33. The van der Waals surface area contributed by atoms with Crippen LogP contribution in [0.3, 0.4) is 0 Å². The Labute approximate surface area is 192 Å². The fraction of sp³-hybridized carbons (Fsp3) is 0.556. The molecular weight excluding hydrogens is 390 g/mol. The SMILES string of the molecule is CCCCCCCCCCCC[N+](C)(C)Cc1ccccc1.Oc1ccccc1.[Cl-]. The Hall–Kier alpha value is -1.51. The summed E-state index contributed by atoms with van der Waals surface area (Å²) in [6.07, 6.45) is 14.2. The molecule has 0 bridgehead atoms. The average Bonchev–Trinajstić information content (AvgIpc) is 2.71. The van der Waals surface area contributed by atoms with Gasteiger partial charge in [-0.05, 0) is 25.0 Å². The Morgan fingerprint density at radius 2 is 1.07 bits per heavy atom. The molecule has 0 saturated heterocycles. The lowest BCUT2D eigenvalue weighted by atomic mass is 10.1. The second-order valence-electron chi connectivity index (χ2n) is 8.82. The molecule has 0 heterocycles. The molecule has 0 saturated carbocycles. The Morgan fingerprint density at radius 1 is 0.633 bits per heavy atom. The topological polar surface area (TPSA) is 20.2 Å². The summed E-state index contributed by atoms with van der Waals surface area (Å²) in [7, 11) is 4.72. The molecule has 0 aliphatic carbocycles. The summed E-state index contributed by atoms with van der Waals surface area (Å²) in [4.78, 5) is 0. The monoisotopic (exact) mass is 433 g/mol. The highest BCUT2D eigenvalue weighted by Crippen LogP contribution is 2.14. The van der Waals surface area contributed by atoms with E-state index >= 15 is 0 Å². The van der Waals surface area contributed by atoms with E-state index in [4.69, 9.17) is 5.11 Å². The van der Waals surface area contributed by atoms with Crippen LogP contribution in [0.15, 0.2) is 60.7 Å². The van der Waals surface area contributed by atoms with E-state index in [-0.39, 0.29) is 12.4 Å². The number of benzene rings is 2. The number of phenols is 1. The second kappa shape index (κ2) is 18.3. The highest BCUT2D eigenvalue weighted by molar-refractivity contribution is 5.18. The number of aromatic hydroxyl groups is 1. The molecule has 2 nitrogen and oxygen atoms in total. The van der Waals surface area contributed by atoms with Crippen molar-refractivity contribution in [2.24, 2.45) is 0 Å². The van der Waals surface area contributed by atoms with Crippen molar-refractivity contribution in [2.45, 2.75) is 77.7 Å². The summed E-state index contributed by atoms with van der Waals surface area (Å²) < 4.78 is 1.11. The van der Waals surface area contributed by atoms with Gasteiger partial charge in [0.1, 0.15) is 12.3 Å². The van der Waals surface area contributed by atoms with E-state index in [0.717, 1.165) is 11.0 Å². The van der Waals surface area contributed by atoms with Gasteiger partial charge in [-0.25, -0.2) is 0 Å². The van der Waals surface area contributed by atoms with Crippen LogP contribution in [0, 0.1) is 0 Å². The largest absolute Gasteiger partial charge is 1.00 e. The number of para-hydroxylation sites is 1. The van der Waals surface area contributed by atoms with Gasteiger partial charge in [-0.15, -0.1) is 0 Å². The van der Waals surface area contributed by atoms with E-state index in [2.05, 4.69) is 51.4 Å². The lowest BCUT2D eigenvalue weighted by Crippen LogP contribution is -3.00. The molecule has 0 atom stereocenters. The zero-order valence-corrected chi connectivity index (χ0v) is 20.3. The highest BCUT2D eigenvalue weighted by atomic mass is 35.5. The minimum atomic E-state index is 0. The Morgan fingerprint density at radius 3 is 1.50 bits per heavy atom. The molecule has 0 spiro atoms. The number of hydrogen-bond acceptors (Lipinski definition) is 1.